The van der Waals surface area contributed by atoms with Gasteiger partial charge in [0.05, 0.1) is 24.9 Å². The maximum atomic E-state index is 14.3. The van der Waals surface area contributed by atoms with E-state index in [0.717, 1.165) is 18.2 Å². The summed E-state index contributed by atoms with van der Waals surface area (Å²) in [5.74, 6) is -1.34. The van der Waals surface area contributed by atoms with E-state index in [1.165, 1.54) is 13.2 Å². The van der Waals surface area contributed by atoms with E-state index < -0.39 is 23.6 Å². The second kappa shape index (κ2) is 10.8. The minimum atomic E-state index is -0.560. The highest BCUT2D eigenvalue weighted by atomic mass is 19.1. The molecular weight excluding hydrogens is 454 g/mol. The molecule has 1 aliphatic carbocycles. The number of nitrogens with zero attached hydrogens (tertiary/aromatic N) is 2. The number of hydrogen-bond donors (Lipinski definition) is 2. The van der Waals surface area contributed by atoms with Crippen molar-refractivity contribution in [1.29, 1.82) is 0 Å². The first-order chi connectivity index (χ1) is 16.9. The van der Waals surface area contributed by atoms with Gasteiger partial charge in [-0.15, -0.1) is 0 Å². The summed E-state index contributed by atoms with van der Waals surface area (Å²) in [6, 6.07) is 8.57. The fraction of sp³-hybridized carbons (Fsp3) is 0.346. The molecule has 35 heavy (non-hydrogen) atoms. The molecule has 0 bridgehead atoms. The second-order valence-corrected chi connectivity index (χ2v) is 8.67. The van der Waals surface area contributed by atoms with Gasteiger partial charge in [-0.3, -0.25) is 4.79 Å². The topological polar surface area (TPSA) is 85.2 Å². The minimum Gasteiger partial charge on any atom is -0.465 e. The number of esters is 1. The largest absolute Gasteiger partial charge is 0.465 e. The zero-order chi connectivity index (χ0) is 24.9. The molecule has 2 aromatic carbocycles. The summed E-state index contributed by atoms with van der Waals surface area (Å²) in [5.41, 5.74) is 2.42. The zero-order valence-corrected chi connectivity index (χ0v) is 19.7. The van der Waals surface area contributed by atoms with Crippen LogP contribution in [0.1, 0.15) is 47.7 Å². The van der Waals surface area contributed by atoms with Crippen molar-refractivity contribution in [1.82, 2.24) is 14.9 Å². The monoisotopic (exact) mass is 482 g/mol. The second-order valence-electron chi connectivity index (χ2n) is 8.67. The Morgan fingerprint density at radius 3 is 2.71 bits per heavy atom. The van der Waals surface area contributed by atoms with Gasteiger partial charge in [-0.05, 0) is 67.1 Å². The molecule has 0 saturated carbocycles. The third-order valence-electron chi connectivity index (χ3n) is 6.22. The molecule has 1 heterocycles. The predicted molar refractivity (Wildman–Crippen MR) is 128 cm³/mol. The lowest BCUT2D eigenvalue weighted by molar-refractivity contribution is -0.118. The molecule has 1 aromatic heterocycles. The van der Waals surface area contributed by atoms with Crippen molar-refractivity contribution in [3.63, 3.8) is 0 Å². The number of imidazole rings is 1. The van der Waals surface area contributed by atoms with E-state index in [1.807, 2.05) is 6.92 Å². The van der Waals surface area contributed by atoms with Crippen LogP contribution in [0.3, 0.4) is 0 Å². The van der Waals surface area contributed by atoms with Crippen LogP contribution in [0.5, 0.6) is 0 Å². The van der Waals surface area contributed by atoms with Crippen LogP contribution in [-0.2, 0) is 22.4 Å². The molecule has 0 fully saturated rings. The van der Waals surface area contributed by atoms with Crippen LogP contribution >= 0.6 is 0 Å². The first-order valence-electron chi connectivity index (χ1n) is 11.6. The smallest absolute Gasteiger partial charge is 0.337 e. The van der Waals surface area contributed by atoms with Crippen LogP contribution < -0.4 is 10.6 Å². The van der Waals surface area contributed by atoms with Gasteiger partial charge in [0.15, 0.2) is 5.82 Å². The molecule has 2 atom stereocenters. The third kappa shape index (κ3) is 5.74. The molecule has 7 nitrogen and oxygen atoms in total. The number of aromatic nitrogens is 2. The number of rotatable bonds is 8. The number of hydrogen-bond acceptors (Lipinski definition) is 5. The van der Waals surface area contributed by atoms with Gasteiger partial charge in [-0.2, -0.15) is 0 Å². The number of ether oxygens (including phenoxy) is 1. The summed E-state index contributed by atoms with van der Waals surface area (Å²) in [7, 11) is 1.33. The lowest BCUT2D eigenvalue weighted by Gasteiger charge is -2.29. The van der Waals surface area contributed by atoms with Gasteiger partial charge in [0.25, 0.3) is 0 Å². The van der Waals surface area contributed by atoms with Crippen LogP contribution in [-0.4, -0.2) is 40.6 Å². The molecule has 1 aliphatic rings. The molecule has 0 saturated heterocycles. The number of methoxy groups -OCH3 is 1. The van der Waals surface area contributed by atoms with Gasteiger partial charge < -0.3 is 19.9 Å². The van der Waals surface area contributed by atoms with E-state index in [2.05, 4.69) is 15.6 Å². The maximum absolute atomic E-state index is 14.3. The number of carbonyl (C=O) groups is 2. The maximum Gasteiger partial charge on any atom is 0.337 e. The summed E-state index contributed by atoms with van der Waals surface area (Å²) in [5, 5.41) is 6.22. The highest BCUT2D eigenvalue weighted by Crippen LogP contribution is 2.26. The Labute approximate surface area is 202 Å². The quantitative estimate of drug-likeness (QED) is 0.471. The number of carbonyl (C=O) groups excluding carboxylic acids is 2. The number of amides is 1. The van der Waals surface area contributed by atoms with Crippen LogP contribution in [0.4, 0.5) is 14.6 Å². The summed E-state index contributed by atoms with van der Waals surface area (Å²) < 4.78 is 34.2. The number of nitrogens with one attached hydrogen (secondary N) is 2. The van der Waals surface area contributed by atoms with Gasteiger partial charge in [0, 0.05) is 17.8 Å². The molecule has 1 amide bonds. The molecular formula is C26H28F2N4O3. The summed E-state index contributed by atoms with van der Waals surface area (Å²) in [6.07, 6.45) is 6.32. The van der Waals surface area contributed by atoms with Crippen LogP contribution in [0.2, 0.25) is 0 Å². The van der Waals surface area contributed by atoms with Crippen molar-refractivity contribution in [2.45, 2.75) is 51.1 Å². The predicted octanol–water partition coefficient (Wildman–Crippen LogP) is 4.19. The minimum absolute atomic E-state index is 0.0874. The van der Waals surface area contributed by atoms with Crippen molar-refractivity contribution in [3.8, 4) is 5.69 Å². The SMILES string of the molecule is CCCC(NC1CCc2cc(F)cc(F)c2C1)C(=O)Nc1cn(-c2ccc(C(=O)OC)cc2)cn1. The van der Waals surface area contributed by atoms with Gasteiger partial charge in [0.2, 0.25) is 5.91 Å². The Kier molecular flexibility index (Phi) is 7.55. The molecule has 9 heteroatoms. The fourth-order valence-electron chi connectivity index (χ4n) is 4.42. The van der Waals surface area contributed by atoms with Crippen LogP contribution in [0.15, 0.2) is 48.9 Å². The molecule has 3 aromatic rings. The van der Waals surface area contributed by atoms with Crippen LogP contribution in [0.25, 0.3) is 5.69 Å². The summed E-state index contributed by atoms with van der Waals surface area (Å²) >= 11 is 0. The Hall–Kier alpha value is -3.59. The normalized spacial score (nSPS) is 15.8. The Bertz CT molecular complexity index is 1210. The lowest BCUT2D eigenvalue weighted by atomic mass is 9.87. The molecule has 0 radical (unpaired) electrons. The lowest BCUT2D eigenvalue weighted by Crippen LogP contribution is -2.48. The van der Waals surface area contributed by atoms with Crippen molar-refractivity contribution < 1.29 is 23.1 Å². The third-order valence-corrected chi connectivity index (χ3v) is 6.22. The Balaban J connectivity index is 1.40. The van der Waals surface area contributed by atoms with Gasteiger partial charge in [-0.1, -0.05) is 13.3 Å². The average molecular weight is 483 g/mol. The number of benzene rings is 2. The van der Waals surface area contributed by atoms with E-state index in [4.69, 9.17) is 4.74 Å². The number of anilines is 1. The number of aryl methyl sites for hydroxylation is 1. The van der Waals surface area contributed by atoms with Gasteiger partial charge in [0.1, 0.15) is 18.0 Å². The van der Waals surface area contributed by atoms with Crippen molar-refractivity contribution in [3.05, 3.63) is 77.2 Å². The van der Waals surface area contributed by atoms with Gasteiger partial charge in [-0.25, -0.2) is 18.6 Å². The fourth-order valence-corrected chi connectivity index (χ4v) is 4.42. The molecule has 2 unspecified atom stereocenters. The number of fused-ring (bicyclic) bond motifs is 1. The molecule has 184 valence electrons. The van der Waals surface area contributed by atoms with Crippen LogP contribution in [0, 0.1) is 11.6 Å². The Morgan fingerprint density at radius 1 is 1.23 bits per heavy atom. The van der Waals surface area contributed by atoms with E-state index in [1.54, 1.807) is 41.4 Å². The molecule has 0 spiro atoms. The van der Waals surface area contributed by atoms with Gasteiger partial charge >= 0.3 is 5.97 Å². The standard InChI is InChI=1S/C26H28F2N4O3/c1-3-4-23(30-19-8-5-17-11-18(27)12-22(28)21(17)13-19)25(33)31-24-14-32(15-29-24)20-9-6-16(7-10-20)26(34)35-2/h6-7,9-12,14-15,19,23,30H,3-5,8,13H2,1-2H3,(H,31,33). The van der Waals surface area contributed by atoms with Crippen molar-refractivity contribution >= 4 is 17.7 Å². The van der Waals surface area contributed by atoms with E-state index >= 15 is 0 Å². The Morgan fingerprint density at radius 2 is 2.00 bits per heavy atom. The van der Waals surface area contributed by atoms with E-state index in [9.17, 15) is 18.4 Å². The zero-order valence-electron chi connectivity index (χ0n) is 19.7. The summed E-state index contributed by atoms with van der Waals surface area (Å²) in [4.78, 5) is 28.9. The van der Waals surface area contributed by atoms with Crippen molar-refractivity contribution in [2.75, 3.05) is 12.4 Å². The molecule has 4 rings (SSSR count). The van der Waals surface area contributed by atoms with Crippen molar-refractivity contribution in [2.24, 2.45) is 0 Å². The molecule has 2 N–H and O–H groups in total. The first-order valence-corrected chi connectivity index (χ1v) is 11.6. The number of halogens is 2. The molecule has 0 aliphatic heterocycles. The average Bonchev–Trinajstić information content (AvgIpc) is 3.32. The first kappa shape index (κ1) is 24.5. The highest BCUT2D eigenvalue weighted by Gasteiger charge is 2.27. The van der Waals surface area contributed by atoms with E-state index in [-0.39, 0.29) is 11.9 Å². The van der Waals surface area contributed by atoms with E-state index in [0.29, 0.717) is 48.2 Å². The highest BCUT2D eigenvalue weighted by molar-refractivity contribution is 5.94. The summed E-state index contributed by atoms with van der Waals surface area (Å²) in [6.45, 7) is 1.99.